The van der Waals surface area contributed by atoms with Gasteiger partial charge in [0.2, 0.25) is 0 Å². The molecule has 5 heteroatoms. The van der Waals surface area contributed by atoms with E-state index in [1.807, 2.05) is 6.92 Å². The summed E-state index contributed by atoms with van der Waals surface area (Å²) in [5.74, 6) is 1.52. The molecule has 0 aromatic carbocycles. The lowest BCUT2D eigenvalue weighted by Crippen LogP contribution is -2.18. The molecule has 0 aliphatic rings. The molecule has 0 bridgehead atoms. The van der Waals surface area contributed by atoms with Gasteiger partial charge in [-0.1, -0.05) is 32.4 Å². The number of aliphatic hydroxyl groups excluding tert-OH is 1. The number of anilines is 1. The van der Waals surface area contributed by atoms with Gasteiger partial charge in [-0.25, -0.2) is 9.97 Å². The van der Waals surface area contributed by atoms with Crippen molar-refractivity contribution < 1.29 is 5.11 Å². The molecule has 0 aliphatic heterocycles. The zero-order valence-electron chi connectivity index (χ0n) is 12.4. The Morgan fingerprint density at radius 1 is 1.32 bits per heavy atom. The van der Waals surface area contributed by atoms with E-state index in [-0.39, 0.29) is 11.5 Å². The van der Waals surface area contributed by atoms with Crippen molar-refractivity contribution in [3.63, 3.8) is 0 Å². The molecule has 0 spiro atoms. The normalized spacial score (nSPS) is 13.4. The van der Waals surface area contributed by atoms with Crippen LogP contribution in [0, 0.1) is 6.92 Å². The smallest absolute Gasteiger partial charge is 0.137 e. The predicted octanol–water partition coefficient (Wildman–Crippen LogP) is 3.31. The minimum absolute atomic E-state index is 0.132. The van der Waals surface area contributed by atoms with E-state index in [1.54, 1.807) is 6.92 Å². The van der Waals surface area contributed by atoms with E-state index in [0.29, 0.717) is 5.15 Å². The van der Waals surface area contributed by atoms with Gasteiger partial charge in [0.05, 0.1) is 6.10 Å². The Bertz CT molecular complexity index is 427. The zero-order valence-corrected chi connectivity index (χ0v) is 13.2. The average molecular weight is 286 g/mol. The molecule has 1 atom stereocenters. The third kappa shape index (κ3) is 4.96. The molecular weight excluding hydrogens is 262 g/mol. The maximum atomic E-state index is 9.22. The Balaban J connectivity index is 2.79. The number of halogens is 1. The van der Waals surface area contributed by atoms with E-state index in [9.17, 15) is 5.11 Å². The monoisotopic (exact) mass is 285 g/mol. The van der Waals surface area contributed by atoms with Crippen molar-refractivity contribution in [3.8, 4) is 0 Å². The van der Waals surface area contributed by atoms with E-state index < -0.39 is 0 Å². The highest BCUT2D eigenvalue weighted by molar-refractivity contribution is 6.30. The molecule has 1 heterocycles. The van der Waals surface area contributed by atoms with Crippen LogP contribution in [-0.4, -0.2) is 27.7 Å². The summed E-state index contributed by atoms with van der Waals surface area (Å²) < 4.78 is 0. The van der Waals surface area contributed by atoms with Gasteiger partial charge >= 0.3 is 0 Å². The minimum Gasteiger partial charge on any atom is -0.393 e. The first kappa shape index (κ1) is 16.2. The maximum Gasteiger partial charge on any atom is 0.137 e. The van der Waals surface area contributed by atoms with Crippen molar-refractivity contribution in [1.29, 1.82) is 0 Å². The summed E-state index contributed by atoms with van der Waals surface area (Å²) in [6.07, 6.45) is 1.41. The molecule has 19 heavy (non-hydrogen) atoms. The van der Waals surface area contributed by atoms with Crippen LogP contribution in [0.3, 0.4) is 0 Å². The summed E-state index contributed by atoms with van der Waals surface area (Å²) >= 11 is 6.16. The summed E-state index contributed by atoms with van der Waals surface area (Å²) in [5.41, 5.74) is 0.736. The molecule has 0 saturated carbocycles. The van der Waals surface area contributed by atoms with Crippen LogP contribution in [0.15, 0.2) is 0 Å². The molecule has 0 saturated heterocycles. The Morgan fingerprint density at radius 3 is 2.47 bits per heavy atom. The number of aromatic nitrogens is 2. The molecule has 1 rings (SSSR count). The lowest BCUT2D eigenvalue weighted by molar-refractivity contribution is 0.183. The third-order valence-electron chi connectivity index (χ3n) is 2.85. The van der Waals surface area contributed by atoms with Crippen LogP contribution in [-0.2, 0) is 5.41 Å². The average Bonchev–Trinajstić information content (AvgIpc) is 2.27. The maximum absolute atomic E-state index is 9.22. The van der Waals surface area contributed by atoms with Crippen molar-refractivity contribution in [1.82, 2.24) is 9.97 Å². The molecule has 1 aromatic heterocycles. The Kier molecular flexibility index (Phi) is 5.56. The second-order valence-electron chi connectivity index (χ2n) is 5.98. The molecule has 108 valence electrons. The Hall–Kier alpha value is -0.870. The van der Waals surface area contributed by atoms with E-state index in [1.165, 1.54) is 0 Å². The molecule has 1 unspecified atom stereocenters. The van der Waals surface area contributed by atoms with Gasteiger partial charge in [0.25, 0.3) is 0 Å². The van der Waals surface area contributed by atoms with E-state index in [2.05, 4.69) is 36.1 Å². The summed E-state index contributed by atoms with van der Waals surface area (Å²) in [7, 11) is 0. The first-order valence-corrected chi connectivity index (χ1v) is 7.06. The fourth-order valence-electron chi connectivity index (χ4n) is 1.60. The molecule has 0 amide bonds. The van der Waals surface area contributed by atoms with Gasteiger partial charge in [0, 0.05) is 17.5 Å². The number of hydrogen-bond donors (Lipinski definition) is 2. The summed E-state index contributed by atoms with van der Waals surface area (Å²) in [6.45, 7) is 10.7. The highest BCUT2D eigenvalue weighted by Gasteiger charge is 2.20. The van der Waals surface area contributed by atoms with Crippen LogP contribution in [0.4, 0.5) is 5.82 Å². The molecule has 0 fully saturated rings. The number of rotatable bonds is 5. The molecule has 0 aliphatic carbocycles. The largest absolute Gasteiger partial charge is 0.393 e. The van der Waals surface area contributed by atoms with Crippen LogP contribution < -0.4 is 5.32 Å². The number of hydrogen-bond acceptors (Lipinski definition) is 4. The summed E-state index contributed by atoms with van der Waals surface area (Å²) in [4.78, 5) is 8.89. The summed E-state index contributed by atoms with van der Waals surface area (Å²) in [5, 5.41) is 13.0. The molecular formula is C14H24ClN3O. The standard InChI is InChI=1S/C14H24ClN3O/c1-9(19)7-6-8-16-12-10(2)11(15)17-13(18-12)14(3,4)5/h9,19H,6-8H2,1-5H3,(H,16,17,18). The van der Waals surface area contributed by atoms with Gasteiger partial charge in [0.15, 0.2) is 0 Å². The fourth-order valence-corrected chi connectivity index (χ4v) is 1.77. The van der Waals surface area contributed by atoms with Gasteiger partial charge in [-0.05, 0) is 26.7 Å². The lowest BCUT2D eigenvalue weighted by atomic mass is 9.95. The topological polar surface area (TPSA) is 58.0 Å². The Labute approximate surface area is 120 Å². The zero-order chi connectivity index (χ0) is 14.6. The van der Waals surface area contributed by atoms with Crippen molar-refractivity contribution in [2.75, 3.05) is 11.9 Å². The van der Waals surface area contributed by atoms with Gasteiger partial charge < -0.3 is 10.4 Å². The van der Waals surface area contributed by atoms with Crippen LogP contribution >= 0.6 is 11.6 Å². The minimum atomic E-state index is -0.262. The Morgan fingerprint density at radius 2 is 1.95 bits per heavy atom. The molecule has 4 nitrogen and oxygen atoms in total. The summed E-state index contributed by atoms with van der Waals surface area (Å²) in [6, 6.07) is 0. The van der Waals surface area contributed by atoms with Crippen LogP contribution in [0.25, 0.3) is 0 Å². The highest BCUT2D eigenvalue weighted by atomic mass is 35.5. The fraction of sp³-hybridized carbons (Fsp3) is 0.714. The molecule has 0 radical (unpaired) electrons. The van der Waals surface area contributed by atoms with E-state index in [0.717, 1.165) is 36.6 Å². The van der Waals surface area contributed by atoms with Crippen LogP contribution in [0.5, 0.6) is 0 Å². The number of nitrogens with zero attached hydrogens (tertiary/aromatic N) is 2. The quantitative estimate of drug-likeness (QED) is 0.644. The molecule has 1 aromatic rings. The SMILES string of the molecule is Cc1c(Cl)nc(C(C)(C)C)nc1NCCCC(C)O. The molecule has 2 N–H and O–H groups in total. The van der Waals surface area contributed by atoms with E-state index >= 15 is 0 Å². The van der Waals surface area contributed by atoms with Gasteiger partial charge in [-0.3, -0.25) is 0 Å². The first-order chi connectivity index (χ1) is 8.71. The van der Waals surface area contributed by atoms with Crippen molar-refractivity contribution in [3.05, 3.63) is 16.5 Å². The first-order valence-electron chi connectivity index (χ1n) is 6.68. The number of nitrogens with one attached hydrogen (secondary N) is 1. The number of aliphatic hydroxyl groups is 1. The van der Waals surface area contributed by atoms with Crippen LogP contribution in [0.1, 0.15) is 51.9 Å². The van der Waals surface area contributed by atoms with E-state index in [4.69, 9.17) is 11.6 Å². The van der Waals surface area contributed by atoms with Crippen molar-refractivity contribution in [2.24, 2.45) is 0 Å². The van der Waals surface area contributed by atoms with Crippen molar-refractivity contribution in [2.45, 2.75) is 59.0 Å². The second-order valence-corrected chi connectivity index (χ2v) is 6.34. The third-order valence-corrected chi connectivity index (χ3v) is 3.22. The lowest BCUT2D eigenvalue weighted by Gasteiger charge is -2.19. The van der Waals surface area contributed by atoms with Gasteiger partial charge in [-0.15, -0.1) is 0 Å². The second kappa shape index (κ2) is 6.53. The van der Waals surface area contributed by atoms with Gasteiger partial charge in [-0.2, -0.15) is 0 Å². The predicted molar refractivity (Wildman–Crippen MR) is 79.9 cm³/mol. The van der Waals surface area contributed by atoms with Crippen molar-refractivity contribution >= 4 is 17.4 Å². The van der Waals surface area contributed by atoms with Gasteiger partial charge in [0.1, 0.15) is 16.8 Å². The van der Waals surface area contributed by atoms with Crippen LogP contribution in [0.2, 0.25) is 5.15 Å². The highest BCUT2D eigenvalue weighted by Crippen LogP contribution is 2.26.